The maximum atomic E-state index is 14.1. The van der Waals surface area contributed by atoms with Crippen LogP contribution in [-0.4, -0.2) is 5.16 Å². The van der Waals surface area contributed by atoms with Gasteiger partial charge < -0.3 is 10.3 Å². The number of nitrogens with two attached hydrogens (primary N) is 1. The molecule has 0 unspecified atom stereocenters. The van der Waals surface area contributed by atoms with Crippen LogP contribution in [0, 0.1) is 5.82 Å². The molecule has 21 heavy (non-hydrogen) atoms. The fourth-order valence-electron chi connectivity index (χ4n) is 2.06. The van der Waals surface area contributed by atoms with Crippen molar-refractivity contribution in [1.82, 2.24) is 5.16 Å². The molecule has 0 radical (unpaired) electrons. The number of nitrogen functional groups attached to an aromatic ring is 1. The zero-order chi connectivity index (χ0) is 15.0. The summed E-state index contributed by atoms with van der Waals surface area (Å²) in [5.74, 6) is -0.231. The summed E-state index contributed by atoms with van der Waals surface area (Å²) < 4.78 is 20.8. The summed E-state index contributed by atoms with van der Waals surface area (Å²) in [5, 5.41) is 3.91. The lowest BCUT2D eigenvalue weighted by atomic mass is 10.0. The molecule has 0 amide bonds. The number of nitrogens with zero attached hydrogens (tertiary/aromatic N) is 1. The van der Waals surface area contributed by atoms with E-state index in [1.807, 2.05) is 24.3 Å². The number of halogens is 3. The van der Waals surface area contributed by atoms with Gasteiger partial charge in [0.05, 0.1) is 5.56 Å². The van der Waals surface area contributed by atoms with E-state index in [0.717, 1.165) is 10.0 Å². The molecule has 3 nitrogen and oxygen atoms in total. The Hall–Kier alpha value is -1.66. The minimum Gasteiger partial charge on any atom is -0.367 e. The van der Waals surface area contributed by atoms with Gasteiger partial charge in [0.15, 0.2) is 0 Å². The van der Waals surface area contributed by atoms with Crippen LogP contribution in [0.5, 0.6) is 0 Å². The van der Waals surface area contributed by atoms with Gasteiger partial charge >= 0.3 is 0 Å². The minimum atomic E-state index is -0.393. The van der Waals surface area contributed by atoms with Crippen LogP contribution >= 0.6 is 31.9 Å². The van der Waals surface area contributed by atoms with Crippen LogP contribution in [0.1, 0.15) is 0 Å². The van der Waals surface area contributed by atoms with Gasteiger partial charge in [-0.2, -0.15) is 0 Å². The predicted molar refractivity (Wildman–Crippen MR) is 87.1 cm³/mol. The van der Waals surface area contributed by atoms with Crippen LogP contribution in [0.15, 0.2) is 55.9 Å². The Morgan fingerprint density at radius 1 is 1.00 bits per heavy atom. The van der Waals surface area contributed by atoms with Gasteiger partial charge in [0.2, 0.25) is 5.88 Å². The van der Waals surface area contributed by atoms with Gasteiger partial charge in [0, 0.05) is 14.5 Å². The van der Waals surface area contributed by atoms with E-state index in [1.54, 1.807) is 12.1 Å². The van der Waals surface area contributed by atoms with E-state index in [-0.39, 0.29) is 5.88 Å². The number of anilines is 1. The lowest BCUT2D eigenvalue weighted by molar-refractivity contribution is 0.439. The van der Waals surface area contributed by atoms with Gasteiger partial charge in [-0.05, 0) is 35.9 Å². The lowest BCUT2D eigenvalue weighted by Gasteiger charge is -2.04. The fourth-order valence-corrected chi connectivity index (χ4v) is 2.66. The van der Waals surface area contributed by atoms with Crippen molar-refractivity contribution in [2.75, 3.05) is 5.73 Å². The zero-order valence-electron chi connectivity index (χ0n) is 10.6. The molecule has 3 rings (SSSR count). The molecule has 0 spiro atoms. The monoisotopic (exact) mass is 410 g/mol. The average molecular weight is 412 g/mol. The third kappa shape index (κ3) is 2.73. The first-order chi connectivity index (χ1) is 10.1. The van der Waals surface area contributed by atoms with Gasteiger partial charge in [-0.15, -0.1) is 0 Å². The first-order valence-electron chi connectivity index (χ1n) is 6.03. The van der Waals surface area contributed by atoms with Crippen LogP contribution in [0.4, 0.5) is 10.3 Å². The standard InChI is InChI=1S/C15H9Br2FN2O/c16-9-3-1-8(2-4-9)13-14(20-21-15(13)19)11-6-5-10(17)7-12(11)18/h1-7H,19H2. The molecular weight excluding hydrogens is 403 g/mol. The normalized spacial score (nSPS) is 10.8. The third-order valence-electron chi connectivity index (χ3n) is 3.04. The first kappa shape index (κ1) is 14.3. The number of hydrogen-bond acceptors (Lipinski definition) is 3. The van der Waals surface area contributed by atoms with Crippen LogP contribution in [-0.2, 0) is 0 Å². The molecule has 0 saturated carbocycles. The summed E-state index contributed by atoms with van der Waals surface area (Å²) >= 11 is 6.61. The van der Waals surface area contributed by atoms with E-state index in [2.05, 4.69) is 37.0 Å². The molecule has 0 aliphatic rings. The van der Waals surface area contributed by atoms with Crippen molar-refractivity contribution in [1.29, 1.82) is 0 Å². The Morgan fingerprint density at radius 3 is 2.33 bits per heavy atom. The Labute approximate surface area is 137 Å². The van der Waals surface area contributed by atoms with Crippen LogP contribution in [0.2, 0.25) is 0 Å². The number of aromatic nitrogens is 1. The fraction of sp³-hybridized carbons (Fsp3) is 0. The van der Waals surface area contributed by atoms with E-state index < -0.39 is 5.82 Å². The van der Waals surface area contributed by atoms with E-state index in [0.29, 0.717) is 21.3 Å². The van der Waals surface area contributed by atoms with Gasteiger partial charge in [-0.25, -0.2) is 4.39 Å². The highest BCUT2D eigenvalue weighted by Crippen LogP contribution is 2.38. The number of benzene rings is 2. The summed E-state index contributed by atoms with van der Waals surface area (Å²) in [4.78, 5) is 0. The van der Waals surface area contributed by atoms with E-state index in [4.69, 9.17) is 10.3 Å². The summed E-state index contributed by atoms with van der Waals surface area (Å²) in [6.45, 7) is 0. The number of rotatable bonds is 2. The van der Waals surface area contributed by atoms with Crippen molar-refractivity contribution in [2.24, 2.45) is 0 Å². The van der Waals surface area contributed by atoms with E-state index in [9.17, 15) is 4.39 Å². The molecule has 0 aliphatic heterocycles. The molecule has 6 heteroatoms. The lowest BCUT2D eigenvalue weighted by Crippen LogP contribution is -1.90. The van der Waals surface area contributed by atoms with Crippen LogP contribution < -0.4 is 5.73 Å². The Bertz CT molecular complexity index is 800. The topological polar surface area (TPSA) is 52.0 Å². The maximum Gasteiger partial charge on any atom is 0.230 e. The second kappa shape index (κ2) is 5.61. The van der Waals surface area contributed by atoms with Crippen LogP contribution in [0.3, 0.4) is 0 Å². The molecular formula is C15H9Br2FN2O. The summed E-state index contributed by atoms with van der Waals surface area (Å²) in [5.41, 5.74) is 7.99. The summed E-state index contributed by atoms with van der Waals surface area (Å²) in [6, 6.07) is 12.3. The van der Waals surface area contributed by atoms with Crippen molar-refractivity contribution in [3.8, 4) is 22.4 Å². The summed E-state index contributed by atoms with van der Waals surface area (Å²) in [6.07, 6.45) is 0. The molecule has 2 aromatic carbocycles. The third-order valence-corrected chi connectivity index (χ3v) is 4.06. The molecule has 0 saturated heterocycles. The molecule has 0 aliphatic carbocycles. The molecule has 1 heterocycles. The molecule has 2 N–H and O–H groups in total. The van der Waals surface area contributed by atoms with E-state index in [1.165, 1.54) is 6.07 Å². The minimum absolute atomic E-state index is 0.162. The highest BCUT2D eigenvalue weighted by molar-refractivity contribution is 9.10. The molecule has 3 aromatic rings. The Kier molecular flexibility index (Phi) is 3.82. The first-order valence-corrected chi connectivity index (χ1v) is 7.61. The van der Waals surface area contributed by atoms with E-state index >= 15 is 0 Å². The van der Waals surface area contributed by atoms with Crippen molar-refractivity contribution >= 4 is 37.7 Å². The second-order valence-electron chi connectivity index (χ2n) is 4.40. The second-order valence-corrected chi connectivity index (χ2v) is 6.23. The SMILES string of the molecule is Nc1onc(-c2ccc(Br)cc2F)c1-c1ccc(Br)cc1. The largest absolute Gasteiger partial charge is 0.367 e. The quantitative estimate of drug-likeness (QED) is 0.626. The van der Waals surface area contributed by atoms with Crippen molar-refractivity contribution < 1.29 is 8.91 Å². The smallest absolute Gasteiger partial charge is 0.230 e. The van der Waals surface area contributed by atoms with Gasteiger partial charge in [0.25, 0.3) is 0 Å². The maximum absolute atomic E-state index is 14.1. The average Bonchev–Trinajstić information content (AvgIpc) is 2.82. The highest BCUT2D eigenvalue weighted by Gasteiger charge is 2.20. The van der Waals surface area contributed by atoms with Gasteiger partial charge in [0.1, 0.15) is 11.5 Å². The predicted octanol–water partition coefficient (Wildman–Crippen LogP) is 5.25. The van der Waals surface area contributed by atoms with Gasteiger partial charge in [-0.3, -0.25) is 0 Å². The van der Waals surface area contributed by atoms with Crippen molar-refractivity contribution in [3.05, 3.63) is 57.2 Å². The van der Waals surface area contributed by atoms with Crippen molar-refractivity contribution in [2.45, 2.75) is 0 Å². The molecule has 0 fully saturated rings. The molecule has 0 bridgehead atoms. The van der Waals surface area contributed by atoms with Crippen LogP contribution in [0.25, 0.3) is 22.4 Å². The highest BCUT2D eigenvalue weighted by atomic mass is 79.9. The Morgan fingerprint density at radius 2 is 1.67 bits per heavy atom. The zero-order valence-corrected chi connectivity index (χ0v) is 13.8. The van der Waals surface area contributed by atoms with Crippen molar-refractivity contribution in [3.63, 3.8) is 0 Å². The number of hydrogen-bond donors (Lipinski definition) is 1. The molecule has 1 aromatic heterocycles. The molecule has 0 atom stereocenters. The summed E-state index contributed by atoms with van der Waals surface area (Å²) in [7, 11) is 0. The Balaban J connectivity index is 2.19. The molecule has 106 valence electrons. The van der Waals surface area contributed by atoms with Gasteiger partial charge in [-0.1, -0.05) is 49.1 Å².